The molecule has 0 unspecified atom stereocenters. The normalized spacial score (nSPS) is 10.0. The summed E-state index contributed by atoms with van der Waals surface area (Å²) in [7, 11) is 0. The molecular formula is C10H10Cl2O2S. The Bertz CT molecular complexity index is 314. The van der Waals surface area contributed by atoms with Crippen LogP contribution in [0.3, 0.4) is 0 Å². The molecule has 0 saturated heterocycles. The summed E-state index contributed by atoms with van der Waals surface area (Å²) < 4.78 is 4.82. The third-order valence-electron chi connectivity index (χ3n) is 1.54. The van der Waals surface area contributed by atoms with E-state index >= 15 is 0 Å². The van der Waals surface area contributed by atoms with Gasteiger partial charge in [0.05, 0.1) is 0 Å². The lowest BCUT2D eigenvalue weighted by molar-refractivity contribution is -0.139. The lowest BCUT2D eigenvalue weighted by Gasteiger charge is -2.02. The third-order valence-corrected chi connectivity index (χ3v) is 2.98. The van der Waals surface area contributed by atoms with E-state index in [-0.39, 0.29) is 11.8 Å². The number of esters is 1. The van der Waals surface area contributed by atoms with E-state index in [1.165, 1.54) is 0 Å². The van der Waals surface area contributed by atoms with E-state index in [0.717, 1.165) is 4.90 Å². The fourth-order valence-electron chi connectivity index (χ4n) is 0.884. The van der Waals surface area contributed by atoms with Crippen LogP contribution in [0.5, 0.6) is 0 Å². The number of ether oxygens (including phenoxy) is 1. The number of benzene rings is 1. The maximum Gasteiger partial charge on any atom is 0.320 e. The van der Waals surface area contributed by atoms with Crippen molar-refractivity contribution < 1.29 is 9.53 Å². The van der Waals surface area contributed by atoms with E-state index in [9.17, 15) is 4.79 Å². The van der Waals surface area contributed by atoms with Crippen molar-refractivity contribution in [2.45, 2.75) is 4.90 Å². The molecule has 0 aliphatic heterocycles. The molecule has 0 saturated carbocycles. The monoisotopic (exact) mass is 264 g/mol. The standard InChI is InChI=1S/C10H10Cl2O2S/c11-7-10(13)14-5-6-15-9-3-1-8(12)2-4-9/h1-4H,5-7H2. The molecule has 2 nitrogen and oxygen atoms in total. The molecule has 82 valence electrons. The molecule has 0 bridgehead atoms. The molecule has 1 rings (SSSR count). The van der Waals surface area contributed by atoms with Crippen molar-refractivity contribution in [2.24, 2.45) is 0 Å². The summed E-state index contributed by atoms with van der Waals surface area (Å²) in [5, 5.41) is 0.716. The topological polar surface area (TPSA) is 26.3 Å². The first-order valence-electron chi connectivity index (χ1n) is 4.32. The Labute approximate surface area is 103 Å². The molecule has 0 heterocycles. The molecular weight excluding hydrogens is 255 g/mol. The van der Waals surface area contributed by atoms with Crippen molar-refractivity contribution in [3.63, 3.8) is 0 Å². The zero-order valence-corrected chi connectivity index (χ0v) is 10.2. The summed E-state index contributed by atoms with van der Waals surface area (Å²) in [6, 6.07) is 7.51. The average Bonchev–Trinajstić information content (AvgIpc) is 2.26. The summed E-state index contributed by atoms with van der Waals surface area (Å²) in [5.74, 6) is 0.240. The maximum atomic E-state index is 10.7. The SMILES string of the molecule is O=C(CCl)OCCSc1ccc(Cl)cc1. The number of thioether (sulfide) groups is 1. The Morgan fingerprint density at radius 2 is 2.00 bits per heavy atom. The van der Waals surface area contributed by atoms with Crippen LogP contribution >= 0.6 is 35.0 Å². The van der Waals surface area contributed by atoms with Gasteiger partial charge in [-0.1, -0.05) is 11.6 Å². The molecule has 0 amide bonds. The van der Waals surface area contributed by atoms with Crippen LogP contribution in [-0.2, 0) is 9.53 Å². The highest BCUT2D eigenvalue weighted by molar-refractivity contribution is 7.99. The molecule has 15 heavy (non-hydrogen) atoms. The third kappa shape index (κ3) is 5.30. The van der Waals surface area contributed by atoms with Gasteiger partial charge >= 0.3 is 5.97 Å². The van der Waals surface area contributed by atoms with Crippen molar-refractivity contribution in [3.05, 3.63) is 29.3 Å². The number of rotatable bonds is 5. The average molecular weight is 265 g/mol. The number of hydrogen-bond donors (Lipinski definition) is 0. The minimum absolute atomic E-state index is 0.0917. The summed E-state index contributed by atoms with van der Waals surface area (Å²) in [4.78, 5) is 11.8. The highest BCUT2D eigenvalue weighted by atomic mass is 35.5. The molecule has 0 radical (unpaired) electrons. The van der Waals surface area contributed by atoms with E-state index < -0.39 is 0 Å². The van der Waals surface area contributed by atoms with Crippen LogP contribution in [-0.4, -0.2) is 24.2 Å². The van der Waals surface area contributed by atoms with Gasteiger partial charge in [0.1, 0.15) is 12.5 Å². The molecule has 0 N–H and O–H groups in total. The zero-order valence-electron chi connectivity index (χ0n) is 7.91. The molecule has 0 aliphatic rings. The van der Waals surface area contributed by atoms with E-state index in [0.29, 0.717) is 17.4 Å². The fraction of sp³-hybridized carbons (Fsp3) is 0.300. The summed E-state index contributed by atoms with van der Waals surface area (Å²) in [6.45, 7) is 0.374. The van der Waals surface area contributed by atoms with Crippen molar-refractivity contribution in [3.8, 4) is 0 Å². The molecule has 1 aromatic carbocycles. The Kier molecular flexibility index (Phi) is 5.91. The van der Waals surface area contributed by atoms with Gasteiger partial charge in [-0.15, -0.1) is 23.4 Å². The number of halogens is 2. The van der Waals surface area contributed by atoms with Gasteiger partial charge in [-0.2, -0.15) is 0 Å². The largest absolute Gasteiger partial charge is 0.464 e. The molecule has 5 heteroatoms. The second kappa shape index (κ2) is 6.99. The molecule has 0 atom stereocenters. The molecule has 0 fully saturated rings. The summed E-state index contributed by atoms with van der Waals surface area (Å²) in [6.07, 6.45) is 0. The summed E-state index contributed by atoms with van der Waals surface area (Å²) >= 11 is 12.6. The Morgan fingerprint density at radius 1 is 1.33 bits per heavy atom. The molecule has 1 aromatic rings. The number of alkyl halides is 1. The molecule has 0 aliphatic carbocycles. The highest BCUT2D eigenvalue weighted by Crippen LogP contribution is 2.19. The van der Waals surface area contributed by atoms with Crippen LogP contribution in [0.4, 0.5) is 0 Å². The van der Waals surface area contributed by atoms with Crippen LogP contribution in [0.2, 0.25) is 5.02 Å². The Balaban J connectivity index is 2.20. The summed E-state index contributed by atoms with van der Waals surface area (Å²) in [5.41, 5.74) is 0. The van der Waals surface area contributed by atoms with Crippen molar-refractivity contribution in [2.75, 3.05) is 18.2 Å². The van der Waals surface area contributed by atoms with Crippen molar-refractivity contribution in [1.82, 2.24) is 0 Å². The van der Waals surface area contributed by atoms with Crippen LogP contribution in [0.1, 0.15) is 0 Å². The number of hydrogen-bond acceptors (Lipinski definition) is 3. The van der Waals surface area contributed by atoms with Gasteiger partial charge in [0.15, 0.2) is 0 Å². The van der Waals surface area contributed by atoms with Crippen molar-refractivity contribution >= 4 is 40.9 Å². The zero-order chi connectivity index (χ0) is 11.1. The predicted octanol–water partition coefficient (Wildman–Crippen LogP) is 3.21. The number of carbonyl (C=O) groups is 1. The van der Waals surface area contributed by atoms with Crippen molar-refractivity contribution in [1.29, 1.82) is 0 Å². The quantitative estimate of drug-likeness (QED) is 0.354. The smallest absolute Gasteiger partial charge is 0.320 e. The van der Waals surface area contributed by atoms with Gasteiger partial charge in [-0.25, -0.2) is 0 Å². The van der Waals surface area contributed by atoms with Crippen LogP contribution < -0.4 is 0 Å². The molecule has 0 spiro atoms. The first-order valence-corrected chi connectivity index (χ1v) is 6.22. The van der Waals surface area contributed by atoms with E-state index in [4.69, 9.17) is 27.9 Å². The minimum atomic E-state index is -0.381. The van der Waals surface area contributed by atoms with E-state index in [1.54, 1.807) is 11.8 Å². The number of carbonyl (C=O) groups excluding carboxylic acids is 1. The Hall–Kier alpha value is -0.380. The van der Waals surface area contributed by atoms with Gasteiger partial charge in [-0.3, -0.25) is 4.79 Å². The fourth-order valence-corrected chi connectivity index (χ4v) is 1.82. The van der Waals surface area contributed by atoms with Gasteiger partial charge in [-0.05, 0) is 24.3 Å². The second-order valence-corrected chi connectivity index (χ2v) is 4.53. The lowest BCUT2D eigenvalue weighted by atomic mass is 10.4. The van der Waals surface area contributed by atoms with Crippen LogP contribution in [0.25, 0.3) is 0 Å². The van der Waals surface area contributed by atoms with Crippen LogP contribution in [0.15, 0.2) is 29.2 Å². The van der Waals surface area contributed by atoms with Crippen LogP contribution in [0, 0.1) is 0 Å². The lowest BCUT2D eigenvalue weighted by Crippen LogP contribution is -2.08. The Morgan fingerprint density at radius 3 is 2.60 bits per heavy atom. The second-order valence-electron chi connectivity index (χ2n) is 2.66. The van der Waals surface area contributed by atoms with Gasteiger partial charge in [0.25, 0.3) is 0 Å². The van der Waals surface area contributed by atoms with E-state index in [1.807, 2.05) is 24.3 Å². The van der Waals surface area contributed by atoms with Gasteiger partial charge < -0.3 is 4.74 Å². The van der Waals surface area contributed by atoms with Gasteiger partial charge in [0, 0.05) is 15.7 Å². The predicted molar refractivity (Wildman–Crippen MR) is 63.9 cm³/mol. The minimum Gasteiger partial charge on any atom is -0.464 e. The highest BCUT2D eigenvalue weighted by Gasteiger charge is 1.99. The first kappa shape index (κ1) is 12.7. The maximum absolute atomic E-state index is 10.7. The molecule has 0 aromatic heterocycles. The first-order chi connectivity index (χ1) is 7.22. The van der Waals surface area contributed by atoms with Gasteiger partial charge in [0.2, 0.25) is 0 Å². The van der Waals surface area contributed by atoms with E-state index in [2.05, 4.69) is 0 Å².